The number of fused-ring (bicyclic) bond motifs is 1. The van der Waals surface area contributed by atoms with E-state index < -0.39 is 10.0 Å². The predicted molar refractivity (Wildman–Crippen MR) is 86.2 cm³/mol. The molecule has 0 aliphatic rings. The van der Waals surface area contributed by atoms with Crippen LogP contribution in [-0.2, 0) is 10.0 Å². The van der Waals surface area contributed by atoms with E-state index in [9.17, 15) is 8.42 Å². The van der Waals surface area contributed by atoms with Gasteiger partial charge in [-0.2, -0.15) is 4.31 Å². The Bertz CT molecular complexity index is 738. The summed E-state index contributed by atoms with van der Waals surface area (Å²) >= 11 is 0. The monoisotopic (exact) mass is 307 g/mol. The lowest BCUT2D eigenvalue weighted by atomic mass is 10.2. The van der Waals surface area contributed by atoms with Crippen LogP contribution in [0.4, 0.5) is 5.69 Å². The Morgan fingerprint density at radius 1 is 1.10 bits per heavy atom. The number of nitrogens with zero attached hydrogens (tertiary/aromatic N) is 3. The van der Waals surface area contributed by atoms with Gasteiger partial charge in [0.25, 0.3) is 0 Å². The summed E-state index contributed by atoms with van der Waals surface area (Å²) in [6.45, 7) is 4.56. The molecule has 114 valence electrons. The summed E-state index contributed by atoms with van der Waals surface area (Å²) in [5.41, 5.74) is 1.48. The van der Waals surface area contributed by atoms with E-state index in [0.29, 0.717) is 18.8 Å². The van der Waals surface area contributed by atoms with Crippen LogP contribution < -0.4 is 4.90 Å². The van der Waals surface area contributed by atoms with Gasteiger partial charge in [-0.05, 0) is 6.07 Å². The average molecular weight is 307 g/mol. The van der Waals surface area contributed by atoms with E-state index in [2.05, 4.69) is 4.98 Å². The molecule has 2 aromatic rings. The standard InChI is InChI=1S/C15H21N3O2S/c1-5-18(6-2)21(19,20)14-11-16-13-10-8-7-9-12(13)15(14)17(3)4/h7-11H,5-6H2,1-4H3. The molecule has 5 nitrogen and oxygen atoms in total. The minimum absolute atomic E-state index is 0.259. The normalized spacial score (nSPS) is 12.0. The van der Waals surface area contributed by atoms with Crippen molar-refractivity contribution >= 4 is 26.6 Å². The van der Waals surface area contributed by atoms with Gasteiger partial charge in [0.2, 0.25) is 10.0 Å². The lowest BCUT2D eigenvalue weighted by Gasteiger charge is -2.24. The Morgan fingerprint density at radius 3 is 2.29 bits per heavy atom. The van der Waals surface area contributed by atoms with Crippen molar-refractivity contribution in [1.82, 2.24) is 9.29 Å². The maximum absolute atomic E-state index is 12.8. The second-order valence-electron chi connectivity index (χ2n) is 4.97. The van der Waals surface area contributed by atoms with Crippen LogP contribution in [0.1, 0.15) is 13.8 Å². The molecule has 0 saturated heterocycles. The van der Waals surface area contributed by atoms with Gasteiger partial charge in [-0.15, -0.1) is 0 Å². The van der Waals surface area contributed by atoms with Gasteiger partial charge in [0.05, 0.1) is 11.2 Å². The Labute approximate surface area is 126 Å². The molecule has 0 radical (unpaired) electrons. The molecule has 0 amide bonds. The van der Waals surface area contributed by atoms with E-state index in [1.54, 1.807) is 0 Å². The lowest BCUT2D eigenvalue weighted by molar-refractivity contribution is 0.445. The number of benzene rings is 1. The minimum Gasteiger partial charge on any atom is -0.376 e. The number of aromatic nitrogens is 1. The highest BCUT2D eigenvalue weighted by Gasteiger charge is 2.27. The highest BCUT2D eigenvalue weighted by molar-refractivity contribution is 7.89. The summed E-state index contributed by atoms with van der Waals surface area (Å²) in [5, 5.41) is 0.843. The molecule has 21 heavy (non-hydrogen) atoms. The smallest absolute Gasteiger partial charge is 0.246 e. The second-order valence-corrected chi connectivity index (χ2v) is 6.88. The molecule has 0 fully saturated rings. The number of rotatable bonds is 5. The molecule has 0 aliphatic heterocycles. The van der Waals surface area contributed by atoms with E-state index >= 15 is 0 Å². The predicted octanol–water partition coefficient (Wildman–Crippen LogP) is 2.33. The first-order valence-electron chi connectivity index (χ1n) is 6.98. The van der Waals surface area contributed by atoms with Crippen LogP contribution in [0.5, 0.6) is 0 Å². The molecule has 1 aromatic heterocycles. The molecule has 0 saturated carbocycles. The highest BCUT2D eigenvalue weighted by atomic mass is 32.2. The zero-order valence-corrected chi connectivity index (χ0v) is 13.7. The minimum atomic E-state index is -3.54. The van der Waals surface area contributed by atoms with E-state index in [-0.39, 0.29) is 4.90 Å². The van der Waals surface area contributed by atoms with Gasteiger partial charge < -0.3 is 4.90 Å². The molecular weight excluding hydrogens is 286 g/mol. The Balaban J connectivity index is 2.78. The van der Waals surface area contributed by atoms with E-state index in [1.807, 2.05) is 57.1 Å². The maximum atomic E-state index is 12.8. The zero-order chi connectivity index (χ0) is 15.6. The summed E-state index contributed by atoms with van der Waals surface area (Å²) in [6, 6.07) is 7.58. The molecule has 1 aromatic carbocycles. The van der Waals surface area contributed by atoms with Crippen LogP contribution in [-0.4, -0.2) is 44.9 Å². The zero-order valence-electron chi connectivity index (χ0n) is 12.9. The number of hydrogen-bond donors (Lipinski definition) is 0. The highest BCUT2D eigenvalue weighted by Crippen LogP contribution is 2.32. The van der Waals surface area contributed by atoms with Crippen molar-refractivity contribution in [3.8, 4) is 0 Å². The third-order valence-corrected chi connectivity index (χ3v) is 5.53. The summed E-state index contributed by atoms with van der Waals surface area (Å²) in [4.78, 5) is 6.40. The van der Waals surface area contributed by atoms with Crippen molar-refractivity contribution < 1.29 is 8.42 Å². The number of pyridine rings is 1. The van der Waals surface area contributed by atoms with Gasteiger partial charge in [-0.25, -0.2) is 8.42 Å². The van der Waals surface area contributed by atoms with Crippen molar-refractivity contribution in [2.24, 2.45) is 0 Å². The summed E-state index contributed by atoms with van der Waals surface area (Å²) < 4.78 is 27.1. The fraction of sp³-hybridized carbons (Fsp3) is 0.400. The third-order valence-electron chi connectivity index (χ3n) is 3.48. The van der Waals surface area contributed by atoms with Gasteiger partial charge in [-0.3, -0.25) is 4.98 Å². The van der Waals surface area contributed by atoms with Crippen LogP contribution in [0.3, 0.4) is 0 Å². The van der Waals surface area contributed by atoms with Gasteiger partial charge in [0, 0.05) is 38.8 Å². The van der Waals surface area contributed by atoms with Crippen LogP contribution in [0.2, 0.25) is 0 Å². The first kappa shape index (κ1) is 15.7. The van der Waals surface area contributed by atoms with Gasteiger partial charge in [0.1, 0.15) is 4.90 Å². The van der Waals surface area contributed by atoms with Crippen LogP contribution in [0.25, 0.3) is 10.9 Å². The fourth-order valence-corrected chi connectivity index (χ4v) is 4.14. The molecule has 2 rings (SSSR count). The van der Waals surface area contributed by atoms with Crippen molar-refractivity contribution in [3.63, 3.8) is 0 Å². The summed E-state index contributed by atoms with van der Waals surface area (Å²) in [6.07, 6.45) is 1.46. The first-order chi connectivity index (χ1) is 9.93. The summed E-state index contributed by atoms with van der Waals surface area (Å²) in [5.74, 6) is 0. The Hall–Kier alpha value is -1.66. The topological polar surface area (TPSA) is 53.5 Å². The molecule has 0 N–H and O–H groups in total. The number of anilines is 1. The molecule has 0 atom stereocenters. The van der Waals surface area contributed by atoms with E-state index in [4.69, 9.17) is 0 Å². The molecule has 0 unspecified atom stereocenters. The first-order valence-corrected chi connectivity index (χ1v) is 8.42. The fourth-order valence-electron chi connectivity index (χ4n) is 2.46. The third kappa shape index (κ3) is 2.73. The van der Waals surface area contributed by atoms with Gasteiger partial charge in [-0.1, -0.05) is 32.0 Å². The molecular formula is C15H21N3O2S. The van der Waals surface area contributed by atoms with Gasteiger partial charge in [0.15, 0.2) is 0 Å². The van der Waals surface area contributed by atoms with Crippen LogP contribution in [0, 0.1) is 0 Å². The molecule has 0 aliphatic carbocycles. The van der Waals surface area contributed by atoms with Crippen molar-refractivity contribution in [3.05, 3.63) is 30.5 Å². The largest absolute Gasteiger partial charge is 0.376 e. The average Bonchev–Trinajstić information content (AvgIpc) is 2.46. The molecule has 0 bridgehead atoms. The Kier molecular flexibility index (Phi) is 4.49. The van der Waals surface area contributed by atoms with Crippen molar-refractivity contribution in [1.29, 1.82) is 0 Å². The molecule has 1 heterocycles. The van der Waals surface area contributed by atoms with Crippen molar-refractivity contribution in [2.75, 3.05) is 32.1 Å². The second kappa shape index (κ2) is 5.99. The lowest BCUT2D eigenvalue weighted by Crippen LogP contribution is -2.32. The number of hydrogen-bond acceptors (Lipinski definition) is 4. The quantitative estimate of drug-likeness (QED) is 0.851. The van der Waals surface area contributed by atoms with Crippen LogP contribution >= 0.6 is 0 Å². The van der Waals surface area contributed by atoms with Crippen molar-refractivity contribution in [2.45, 2.75) is 18.7 Å². The number of sulfonamides is 1. The molecule has 6 heteroatoms. The van der Waals surface area contributed by atoms with E-state index in [1.165, 1.54) is 10.5 Å². The summed E-state index contributed by atoms with van der Waals surface area (Å²) in [7, 11) is 0.161. The van der Waals surface area contributed by atoms with Gasteiger partial charge >= 0.3 is 0 Å². The van der Waals surface area contributed by atoms with E-state index in [0.717, 1.165) is 10.9 Å². The number of para-hydroxylation sites is 1. The SMILES string of the molecule is CCN(CC)S(=O)(=O)c1cnc2ccccc2c1N(C)C. The maximum Gasteiger partial charge on any atom is 0.246 e. The Morgan fingerprint density at radius 2 is 1.71 bits per heavy atom. The van der Waals surface area contributed by atoms with Crippen LogP contribution in [0.15, 0.2) is 35.4 Å². The molecule has 0 spiro atoms.